The summed E-state index contributed by atoms with van der Waals surface area (Å²) in [6.07, 6.45) is 1.88. The van der Waals surface area contributed by atoms with Gasteiger partial charge in [0.2, 0.25) is 0 Å². The highest BCUT2D eigenvalue weighted by atomic mass is 79.9. The Bertz CT molecular complexity index is 600. The smallest absolute Gasteiger partial charge is 0.0760 e. The summed E-state index contributed by atoms with van der Waals surface area (Å²) in [7, 11) is 0. The molecule has 2 aromatic rings. The first-order valence-corrected chi connectivity index (χ1v) is 8.76. The third-order valence-electron chi connectivity index (χ3n) is 3.36. The summed E-state index contributed by atoms with van der Waals surface area (Å²) < 4.78 is 4.22. The van der Waals surface area contributed by atoms with E-state index in [1.54, 1.807) is 0 Å². The van der Waals surface area contributed by atoms with Crippen molar-refractivity contribution in [3.05, 3.63) is 50.2 Å². The molecule has 0 fully saturated rings. The molecule has 1 aromatic heterocycles. The Hall–Kier alpha value is -0.650. The minimum Gasteiger partial charge on any atom is -0.305 e. The molecule has 0 amide bonds. The van der Waals surface area contributed by atoms with Crippen LogP contribution in [0.15, 0.2) is 33.3 Å². The van der Waals surface area contributed by atoms with Crippen LogP contribution in [0.2, 0.25) is 0 Å². The Morgan fingerprint density at radius 2 is 1.95 bits per heavy atom. The molecule has 1 N–H and O–H groups in total. The number of rotatable bonds is 5. The number of halogens is 2. The molecule has 1 unspecified atom stereocenters. The Kier molecular flexibility index (Phi) is 5.63. The monoisotopic (exact) mass is 413 g/mol. The Balaban J connectivity index is 2.56. The average molecular weight is 415 g/mol. The lowest BCUT2D eigenvalue weighted by Gasteiger charge is -2.23. The van der Waals surface area contributed by atoms with E-state index in [-0.39, 0.29) is 6.04 Å². The zero-order valence-electron chi connectivity index (χ0n) is 12.8. The van der Waals surface area contributed by atoms with Gasteiger partial charge in [-0.05, 0) is 66.5 Å². The first-order valence-electron chi connectivity index (χ1n) is 7.17. The summed E-state index contributed by atoms with van der Waals surface area (Å²) in [6, 6.07) is 6.96. The second-order valence-electron chi connectivity index (χ2n) is 5.47. The number of nitrogens with one attached hydrogen (secondary N) is 1. The highest BCUT2D eigenvalue weighted by Crippen LogP contribution is 2.32. The lowest BCUT2D eigenvalue weighted by molar-refractivity contribution is 0.475. The van der Waals surface area contributed by atoms with Crippen LogP contribution in [0.3, 0.4) is 0 Å². The van der Waals surface area contributed by atoms with Crippen molar-refractivity contribution in [2.75, 3.05) is 6.54 Å². The number of nitrogens with zero attached hydrogens (tertiary/aromatic N) is 2. The molecule has 21 heavy (non-hydrogen) atoms. The maximum absolute atomic E-state index is 4.51. The Labute approximate surface area is 143 Å². The summed E-state index contributed by atoms with van der Waals surface area (Å²) in [6.45, 7) is 9.44. The number of aryl methyl sites for hydroxylation is 1. The third-order valence-corrected chi connectivity index (χ3v) is 4.42. The van der Waals surface area contributed by atoms with Gasteiger partial charge < -0.3 is 5.32 Å². The van der Waals surface area contributed by atoms with Crippen molar-refractivity contribution in [3.63, 3.8) is 0 Å². The molecule has 0 aliphatic carbocycles. The summed E-state index contributed by atoms with van der Waals surface area (Å²) in [5.74, 6) is 0. The van der Waals surface area contributed by atoms with E-state index >= 15 is 0 Å². The molecular weight excluding hydrogens is 394 g/mol. The molecule has 114 valence electrons. The van der Waals surface area contributed by atoms with Gasteiger partial charge >= 0.3 is 0 Å². The molecule has 0 spiro atoms. The molecule has 1 atom stereocenters. The number of benzene rings is 1. The molecule has 0 radical (unpaired) electrons. The van der Waals surface area contributed by atoms with Gasteiger partial charge in [0.1, 0.15) is 0 Å². The fourth-order valence-electron chi connectivity index (χ4n) is 2.54. The van der Waals surface area contributed by atoms with Crippen molar-refractivity contribution in [1.29, 1.82) is 0 Å². The van der Waals surface area contributed by atoms with E-state index in [1.807, 2.05) is 6.20 Å². The van der Waals surface area contributed by atoms with Gasteiger partial charge in [0.25, 0.3) is 0 Å². The van der Waals surface area contributed by atoms with E-state index in [2.05, 4.69) is 92.9 Å². The minimum atomic E-state index is 0.116. The maximum atomic E-state index is 4.51. The lowest BCUT2D eigenvalue weighted by Crippen LogP contribution is -2.26. The molecule has 0 saturated carbocycles. The van der Waals surface area contributed by atoms with Gasteiger partial charge in [-0.3, -0.25) is 4.68 Å². The third kappa shape index (κ3) is 3.76. The van der Waals surface area contributed by atoms with Gasteiger partial charge in [-0.15, -0.1) is 0 Å². The zero-order chi connectivity index (χ0) is 15.6. The SMILES string of the molecule is CCNC(c1cc(C)cc(Br)c1)c1c(Br)cnn1C(C)C. The molecule has 5 heteroatoms. The summed E-state index contributed by atoms with van der Waals surface area (Å²) in [5, 5.41) is 8.09. The second kappa shape index (κ2) is 7.07. The van der Waals surface area contributed by atoms with Gasteiger partial charge in [-0.1, -0.05) is 28.9 Å². The van der Waals surface area contributed by atoms with Crippen molar-refractivity contribution in [2.45, 2.75) is 39.8 Å². The van der Waals surface area contributed by atoms with Gasteiger partial charge in [-0.25, -0.2) is 0 Å². The number of hydrogen-bond acceptors (Lipinski definition) is 2. The average Bonchev–Trinajstić information content (AvgIpc) is 2.76. The molecule has 0 saturated heterocycles. The van der Waals surface area contributed by atoms with E-state index in [9.17, 15) is 0 Å². The summed E-state index contributed by atoms with van der Waals surface area (Å²) in [5.41, 5.74) is 3.66. The fourth-order valence-corrected chi connectivity index (χ4v) is 3.67. The molecule has 1 aromatic carbocycles. The molecule has 1 heterocycles. The first kappa shape index (κ1) is 16.7. The van der Waals surface area contributed by atoms with E-state index in [1.165, 1.54) is 16.8 Å². The molecule has 0 aliphatic heterocycles. The molecule has 3 nitrogen and oxygen atoms in total. The van der Waals surface area contributed by atoms with Crippen LogP contribution in [0.4, 0.5) is 0 Å². The van der Waals surface area contributed by atoms with Crippen molar-refractivity contribution in [3.8, 4) is 0 Å². The predicted molar refractivity (Wildman–Crippen MR) is 94.7 cm³/mol. The Morgan fingerprint density at radius 3 is 2.52 bits per heavy atom. The molecule has 0 aliphatic rings. The van der Waals surface area contributed by atoms with Gasteiger partial charge in [0.15, 0.2) is 0 Å². The first-order chi connectivity index (χ1) is 9.93. The van der Waals surface area contributed by atoms with E-state index < -0.39 is 0 Å². The second-order valence-corrected chi connectivity index (χ2v) is 7.24. The number of hydrogen-bond donors (Lipinski definition) is 1. The van der Waals surface area contributed by atoms with E-state index in [0.29, 0.717) is 6.04 Å². The van der Waals surface area contributed by atoms with Crippen LogP contribution in [-0.4, -0.2) is 16.3 Å². The maximum Gasteiger partial charge on any atom is 0.0760 e. The highest BCUT2D eigenvalue weighted by molar-refractivity contribution is 9.10. The van der Waals surface area contributed by atoms with Crippen LogP contribution in [0.25, 0.3) is 0 Å². The zero-order valence-corrected chi connectivity index (χ0v) is 16.0. The standard InChI is InChI=1S/C16H21Br2N3/c1-5-19-15(12-6-11(4)7-13(17)8-12)16-14(18)9-20-21(16)10(2)3/h6-10,15,19H,5H2,1-4H3. The molecular formula is C16H21Br2N3. The van der Waals surface area contributed by atoms with Crippen molar-refractivity contribution in [1.82, 2.24) is 15.1 Å². The van der Waals surface area contributed by atoms with Crippen LogP contribution in [0.1, 0.15) is 49.7 Å². The normalized spacial score (nSPS) is 12.9. The Morgan fingerprint density at radius 1 is 1.24 bits per heavy atom. The van der Waals surface area contributed by atoms with Crippen molar-refractivity contribution >= 4 is 31.9 Å². The highest BCUT2D eigenvalue weighted by Gasteiger charge is 2.22. The van der Waals surface area contributed by atoms with Gasteiger partial charge in [-0.2, -0.15) is 5.10 Å². The van der Waals surface area contributed by atoms with Crippen LogP contribution >= 0.6 is 31.9 Å². The summed E-state index contributed by atoms with van der Waals surface area (Å²) in [4.78, 5) is 0. The van der Waals surface area contributed by atoms with Crippen molar-refractivity contribution < 1.29 is 0 Å². The number of aromatic nitrogens is 2. The summed E-state index contributed by atoms with van der Waals surface area (Å²) >= 11 is 7.26. The van der Waals surface area contributed by atoms with E-state index in [4.69, 9.17) is 0 Å². The quantitative estimate of drug-likeness (QED) is 0.746. The predicted octanol–water partition coefficient (Wildman–Crippen LogP) is 5.00. The minimum absolute atomic E-state index is 0.116. The van der Waals surface area contributed by atoms with Gasteiger partial charge in [0.05, 0.1) is 22.4 Å². The van der Waals surface area contributed by atoms with Crippen LogP contribution in [0.5, 0.6) is 0 Å². The molecule has 2 rings (SSSR count). The molecule has 0 bridgehead atoms. The van der Waals surface area contributed by atoms with E-state index in [0.717, 1.165) is 15.5 Å². The van der Waals surface area contributed by atoms with Crippen molar-refractivity contribution in [2.24, 2.45) is 0 Å². The largest absolute Gasteiger partial charge is 0.305 e. The van der Waals surface area contributed by atoms with Crippen LogP contribution in [-0.2, 0) is 0 Å². The van der Waals surface area contributed by atoms with Gasteiger partial charge in [0, 0.05) is 10.5 Å². The fraction of sp³-hybridized carbons (Fsp3) is 0.438. The van der Waals surface area contributed by atoms with Crippen LogP contribution < -0.4 is 5.32 Å². The topological polar surface area (TPSA) is 29.9 Å². The van der Waals surface area contributed by atoms with Crippen LogP contribution in [0, 0.1) is 6.92 Å². The lowest BCUT2D eigenvalue weighted by atomic mass is 10.0.